The Bertz CT molecular complexity index is 1010. The highest BCUT2D eigenvalue weighted by molar-refractivity contribution is 6.13. The van der Waals surface area contributed by atoms with Gasteiger partial charge in [0.15, 0.2) is 5.70 Å². The molecule has 0 aliphatic carbocycles. The lowest BCUT2D eigenvalue weighted by atomic mass is 10.1. The quantitative estimate of drug-likeness (QED) is 0.347. The smallest absolute Gasteiger partial charge is 0.402 e. The average molecular weight is 376 g/mol. The summed E-state index contributed by atoms with van der Waals surface area (Å²) in [4.78, 5) is 26.3. The molecule has 27 heavy (non-hydrogen) atoms. The normalized spacial score (nSPS) is 15.6. The van der Waals surface area contributed by atoms with Crippen molar-refractivity contribution in [2.24, 2.45) is 4.99 Å². The lowest BCUT2D eigenvalue weighted by Gasteiger charge is -2.09. The monoisotopic (exact) mass is 376 g/mol. The van der Waals surface area contributed by atoms with E-state index in [-0.39, 0.29) is 28.4 Å². The minimum absolute atomic E-state index is 0.174. The number of hydrogen-bond acceptors (Lipinski definition) is 5. The Hall–Kier alpha value is -3.49. The molecule has 0 fully saturated rings. The first kappa shape index (κ1) is 18.3. The van der Waals surface area contributed by atoms with Gasteiger partial charge in [-0.1, -0.05) is 24.3 Å². The van der Waals surface area contributed by atoms with Crippen LogP contribution in [0.4, 0.5) is 18.9 Å². The average Bonchev–Trinajstić information content (AvgIpc) is 2.95. The number of nitro benzene ring substituents is 1. The van der Waals surface area contributed by atoms with E-state index in [0.29, 0.717) is 5.56 Å². The lowest BCUT2D eigenvalue weighted by Crippen LogP contribution is -2.08. The lowest BCUT2D eigenvalue weighted by molar-refractivity contribution is -0.385. The topological polar surface area (TPSA) is 81.8 Å². The molecule has 0 bridgehead atoms. The van der Waals surface area contributed by atoms with Crippen molar-refractivity contribution < 1.29 is 27.6 Å². The predicted octanol–water partition coefficient (Wildman–Crippen LogP) is 4.27. The number of esters is 1. The van der Waals surface area contributed by atoms with Gasteiger partial charge in [-0.25, -0.2) is 9.79 Å². The van der Waals surface area contributed by atoms with Gasteiger partial charge in [-0.3, -0.25) is 10.1 Å². The third-order valence-corrected chi connectivity index (χ3v) is 3.83. The maximum Gasteiger partial charge on any atom is 0.416 e. The van der Waals surface area contributed by atoms with Crippen LogP contribution in [0.15, 0.2) is 53.2 Å². The van der Waals surface area contributed by atoms with Crippen molar-refractivity contribution >= 4 is 23.6 Å². The second kappa shape index (κ2) is 6.67. The fourth-order valence-electron chi connectivity index (χ4n) is 2.50. The van der Waals surface area contributed by atoms with Crippen LogP contribution in [-0.4, -0.2) is 16.8 Å². The molecule has 0 N–H and O–H groups in total. The zero-order chi connectivity index (χ0) is 19.8. The molecule has 2 aromatic carbocycles. The number of aliphatic imine (C=N–C) groups is 1. The third kappa shape index (κ3) is 3.71. The van der Waals surface area contributed by atoms with E-state index in [1.807, 2.05) is 0 Å². The highest BCUT2D eigenvalue weighted by Crippen LogP contribution is 2.33. The van der Waals surface area contributed by atoms with Crippen LogP contribution in [0, 0.1) is 17.0 Å². The molecule has 0 unspecified atom stereocenters. The summed E-state index contributed by atoms with van der Waals surface area (Å²) in [5, 5.41) is 11.0. The van der Waals surface area contributed by atoms with Gasteiger partial charge in [-0.2, -0.15) is 13.2 Å². The van der Waals surface area contributed by atoms with Crippen molar-refractivity contribution in [3.05, 3.63) is 80.5 Å². The molecular formula is C18H11F3N2O4. The van der Waals surface area contributed by atoms with Crippen LogP contribution in [0.25, 0.3) is 6.08 Å². The fraction of sp³-hybridized carbons (Fsp3) is 0.111. The van der Waals surface area contributed by atoms with Crippen LogP contribution in [-0.2, 0) is 15.7 Å². The molecule has 6 nitrogen and oxygen atoms in total. The van der Waals surface area contributed by atoms with Gasteiger partial charge in [-0.05, 0) is 30.7 Å². The Balaban J connectivity index is 2.02. The minimum atomic E-state index is -4.60. The van der Waals surface area contributed by atoms with E-state index < -0.39 is 22.6 Å². The number of nitro groups is 1. The van der Waals surface area contributed by atoms with E-state index in [0.717, 1.165) is 12.1 Å². The number of hydrogen-bond donors (Lipinski definition) is 0. The largest absolute Gasteiger partial charge is 0.416 e. The number of carbonyl (C=O) groups is 1. The first-order chi connectivity index (χ1) is 12.7. The minimum Gasteiger partial charge on any atom is -0.402 e. The number of nitrogens with zero attached hydrogens (tertiary/aromatic N) is 2. The van der Waals surface area contributed by atoms with Gasteiger partial charge < -0.3 is 4.74 Å². The molecule has 0 radical (unpaired) electrons. The zero-order valence-corrected chi connectivity index (χ0v) is 13.8. The van der Waals surface area contributed by atoms with E-state index in [1.165, 1.54) is 36.4 Å². The molecule has 2 aromatic rings. The third-order valence-electron chi connectivity index (χ3n) is 3.83. The Morgan fingerprint density at radius 2 is 1.89 bits per heavy atom. The van der Waals surface area contributed by atoms with Gasteiger partial charge in [0.1, 0.15) is 0 Å². The van der Waals surface area contributed by atoms with Crippen LogP contribution in [0.1, 0.15) is 22.3 Å². The van der Waals surface area contributed by atoms with E-state index in [9.17, 15) is 28.1 Å². The summed E-state index contributed by atoms with van der Waals surface area (Å²) in [6.07, 6.45) is -3.62. The highest BCUT2D eigenvalue weighted by Gasteiger charge is 2.33. The molecule has 0 aromatic heterocycles. The second-order valence-electron chi connectivity index (χ2n) is 5.68. The number of aryl methyl sites for hydroxylation is 1. The van der Waals surface area contributed by atoms with Gasteiger partial charge in [0.25, 0.3) is 5.69 Å². The van der Waals surface area contributed by atoms with Crippen molar-refractivity contribution in [3.63, 3.8) is 0 Å². The van der Waals surface area contributed by atoms with Crippen LogP contribution in [0.5, 0.6) is 0 Å². The van der Waals surface area contributed by atoms with Gasteiger partial charge in [0.05, 0.1) is 10.5 Å². The molecule has 1 heterocycles. The van der Waals surface area contributed by atoms with E-state index in [2.05, 4.69) is 4.99 Å². The number of benzene rings is 2. The molecule has 0 amide bonds. The number of ether oxygens (including phenoxy) is 1. The van der Waals surface area contributed by atoms with Crippen molar-refractivity contribution in [2.45, 2.75) is 13.1 Å². The summed E-state index contributed by atoms with van der Waals surface area (Å²) in [5.41, 5.74) is -1.09. The Morgan fingerprint density at radius 1 is 1.19 bits per heavy atom. The van der Waals surface area contributed by atoms with E-state index >= 15 is 0 Å². The number of halogens is 3. The van der Waals surface area contributed by atoms with Crippen LogP contribution in [0.2, 0.25) is 0 Å². The number of rotatable bonds is 3. The summed E-state index contributed by atoms with van der Waals surface area (Å²) in [6.45, 7) is 1.55. The van der Waals surface area contributed by atoms with Crippen LogP contribution < -0.4 is 0 Å². The summed E-state index contributed by atoms with van der Waals surface area (Å²) in [6, 6.07) is 8.85. The summed E-state index contributed by atoms with van der Waals surface area (Å²) in [7, 11) is 0. The first-order valence-electron chi connectivity index (χ1n) is 7.61. The molecule has 3 rings (SSSR count). The second-order valence-corrected chi connectivity index (χ2v) is 5.68. The highest BCUT2D eigenvalue weighted by atomic mass is 19.4. The Labute approximate surface area is 150 Å². The fourth-order valence-corrected chi connectivity index (χ4v) is 2.50. The van der Waals surface area contributed by atoms with Gasteiger partial charge in [-0.15, -0.1) is 0 Å². The van der Waals surface area contributed by atoms with Gasteiger partial charge in [0, 0.05) is 17.2 Å². The van der Waals surface area contributed by atoms with Gasteiger partial charge >= 0.3 is 12.1 Å². The van der Waals surface area contributed by atoms with Crippen LogP contribution >= 0.6 is 0 Å². The Kier molecular flexibility index (Phi) is 4.52. The van der Waals surface area contributed by atoms with Crippen molar-refractivity contribution in [1.82, 2.24) is 0 Å². The number of cyclic esters (lactones) is 1. The maximum atomic E-state index is 13.1. The Morgan fingerprint density at radius 3 is 2.56 bits per heavy atom. The molecule has 1 aliphatic heterocycles. The van der Waals surface area contributed by atoms with Crippen molar-refractivity contribution in [3.8, 4) is 0 Å². The van der Waals surface area contributed by atoms with Gasteiger partial charge in [0.2, 0.25) is 5.90 Å². The van der Waals surface area contributed by atoms with E-state index in [1.54, 1.807) is 6.92 Å². The summed E-state index contributed by atoms with van der Waals surface area (Å²) >= 11 is 0. The molecule has 0 spiro atoms. The van der Waals surface area contributed by atoms with E-state index in [4.69, 9.17) is 4.74 Å². The molecule has 1 aliphatic rings. The molecule has 9 heteroatoms. The van der Waals surface area contributed by atoms with Crippen molar-refractivity contribution in [1.29, 1.82) is 0 Å². The molecule has 0 saturated carbocycles. The molecule has 0 saturated heterocycles. The SMILES string of the molecule is Cc1ccc(C2=N/C(=C/c3ccccc3C(F)(F)F)C(=O)O2)cc1[N+](=O)[O-]. The standard InChI is InChI=1S/C18H11F3N2O4/c1-10-6-7-12(9-15(10)23(25)26)16-22-14(17(24)27-16)8-11-4-2-3-5-13(11)18(19,20)21/h2-9H,1H3/b14-8+. The number of alkyl halides is 3. The number of carbonyl (C=O) groups excluding carboxylic acids is 1. The molecular weight excluding hydrogens is 365 g/mol. The molecule has 138 valence electrons. The molecule has 0 atom stereocenters. The maximum absolute atomic E-state index is 13.1. The first-order valence-corrected chi connectivity index (χ1v) is 7.61. The summed E-state index contributed by atoms with van der Waals surface area (Å²) < 4.78 is 44.2. The van der Waals surface area contributed by atoms with Crippen molar-refractivity contribution in [2.75, 3.05) is 0 Å². The predicted molar refractivity (Wildman–Crippen MR) is 89.9 cm³/mol. The summed E-state index contributed by atoms with van der Waals surface area (Å²) in [5.74, 6) is -1.15. The van der Waals surface area contributed by atoms with Crippen LogP contribution in [0.3, 0.4) is 0 Å². The zero-order valence-electron chi connectivity index (χ0n) is 13.8.